The second kappa shape index (κ2) is 15.2. The first kappa shape index (κ1) is 32.9. The molecule has 3 aromatic rings. The second-order valence-electron chi connectivity index (χ2n) is 12.2. The number of nitriles is 1. The first-order valence-electron chi connectivity index (χ1n) is 16.3. The van der Waals surface area contributed by atoms with Gasteiger partial charge in [0.15, 0.2) is 5.78 Å². The standard InChI is InChI=1S/C29H31N5O3.C5H11N.C2H3N/c1-19-5-3-6-20-7-4-8-25(26(19)20)34-12-11-23-24(18-34)30-29(37-2)31-27(23)32-13-15-33(16-14-32)28(36)21-9-10-22(35)17-21;1-6-4-2-3-5-6;1-2-3/h3-8,17H,9-16,18H2,1-2H3;2-5H2,1H3;1H3. The SMILES string of the molecule is CC#N.CN1CCCC1.COc1nc2c(c(N3CCN(C(=O)C4=CC(=O)CC4)CC3)n1)CCN(c1cccc3cccc(C)c13)C2. The van der Waals surface area contributed by atoms with Crippen LogP contribution in [0.4, 0.5) is 11.5 Å². The average molecular weight is 624 g/mol. The molecule has 0 radical (unpaired) electrons. The molecular weight excluding hydrogens is 578 g/mol. The highest BCUT2D eigenvalue weighted by atomic mass is 16.5. The molecule has 10 heteroatoms. The molecule has 2 saturated heterocycles. The summed E-state index contributed by atoms with van der Waals surface area (Å²) in [5, 5.41) is 9.85. The number of aryl methyl sites for hydroxylation is 1. The molecule has 1 amide bonds. The van der Waals surface area contributed by atoms with Gasteiger partial charge in [-0.05, 0) is 75.8 Å². The van der Waals surface area contributed by atoms with Crippen LogP contribution in [0.3, 0.4) is 0 Å². The third-order valence-corrected chi connectivity index (χ3v) is 9.08. The van der Waals surface area contributed by atoms with Crippen LogP contribution in [0.15, 0.2) is 48.0 Å². The number of allylic oxidation sites excluding steroid dienone is 1. The maximum absolute atomic E-state index is 12.8. The topological polar surface area (TPSA) is 106 Å². The van der Waals surface area contributed by atoms with Crippen LogP contribution in [0.2, 0.25) is 0 Å². The number of aromatic nitrogens is 2. The molecule has 0 atom stereocenters. The van der Waals surface area contributed by atoms with E-state index in [0.29, 0.717) is 57.1 Å². The summed E-state index contributed by atoms with van der Waals surface area (Å²) in [6.45, 7) is 10.4. The van der Waals surface area contributed by atoms with E-state index in [-0.39, 0.29) is 11.7 Å². The Labute approximate surface area is 272 Å². The van der Waals surface area contributed by atoms with E-state index in [1.165, 1.54) is 61.0 Å². The maximum Gasteiger partial charge on any atom is 0.318 e. The molecule has 2 aromatic carbocycles. The number of carbonyl (C=O) groups is 2. The lowest BCUT2D eigenvalue weighted by molar-refractivity contribution is -0.127. The molecule has 1 aromatic heterocycles. The summed E-state index contributed by atoms with van der Waals surface area (Å²) in [6, 6.07) is 15.0. The van der Waals surface area contributed by atoms with Gasteiger partial charge in [0.25, 0.3) is 0 Å². The summed E-state index contributed by atoms with van der Waals surface area (Å²) in [6.07, 6.45) is 6.19. The zero-order chi connectivity index (χ0) is 32.6. The number of carbonyl (C=O) groups excluding carboxylic acids is 2. The van der Waals surface area contributed by atoms with Gasteiger partial charge >= 0.3 is 6.01 Å². The number of fused-ring (bicyclic) bond motifs is 2. The normalized spacial score (nSPS) is 17.8. The van der Waals surface area contributed by atoms with Crippen molar-refractivity contribution in [2.45, 2.75) is 52.5 Å². The van der Waals surface area contributed by atoms with Crippen molar-refractivity contribution in [3.8, 4) is 12.1 Å². The lowest BCUT2D eigenvalue weighted by Crippen LogP contribution is -2.50. The average Bonchev–Trinajstić information content (AvgIpc) is 3.75. The fraction of sp³-hybridized carbons (Fsp3) is 0.472. The van der Waals surface area contributed by atoms with E-state index in [1.807, 2.05) is 4.90 Å². The Morgan fingerprint density at radius 2 is 1.61 bits per heavy atom. The Balaban J connectivity index is 0.000000405. The minimum absolute atomic E-state index is 0.00572. The Hall–Kier alpha value is -4.49. The minimum atomic E-state index is -0.00572. The molecule has 242 valence electrons. The van der Waals surface area contributed by atoms with Gasteiger partial charge in [0.2, 0.25) is 5.91 Å². The van der Waals surface area contributed by atoms with E-state index < -0.39 is 0 Å². The van der Waals surface area contributed by atoms with Gasteiger partial charge in [-0.2, -0.15) is 15.2 Å². The van der Waals surface area contributed by atoms with Gasteiger partial charge < -0.3 is 24.3 Å². The number of likely N-dealkylation sites (tertiary alicyclic amines) is 1. The van der Waals surface area contributed by atoms with Crippen LogP contribution in [0, 0.1) is 18.3 Å². The number of nitrogens with zero attached hydrogens (tertiary/aromatic N) is 7. The third kappa shape index (κ3) is 7.48. The fourth-order valence-corrected chi connectivity index (χ4v) is 6.68. The van der Waals surface area contributed by atoms with Crippen molar-refractivity contribution in [1.29, 1.82) is 5.26 Å². The summed E-state index contributed by atoms with van der Waals surface area (Å²) in [5.41, 5.74) is 5.30. The van der Waals surface area contributed by atoms with Gasteiger partial charge in [-0.15, -0.1) is 0 Å². The molecular formula is C36H45N7O3. The predicted molar refractivity (Wildman–Crippen MR) is 181 cm³/mol. The van der Waals surface area contributed by atoms with E-state index in [0.717, 1.165) is 30.0 Å². The van der Waals surface area contributed by atoms with Crippen LogP contribution in [0.5, 0.6) is 6.01 Å². The van der Waals surface area contributed by atoms with Crippen LogP contribution < -0.4 is 14.5 Å². The molecule has 4 heterocycles. The Bertz CT molecular complexity index is 1630. The first-order chi connectivity index (χ1) is 22.3. The quantitative estimate of drug-likeness (QED) is 0.409. The second-order valence-corrected chi connectivity index (χ2v) is 12.2. The van der Waals surface area contributed by atoms with E-state index >= 15 is 0 Å². The number of hydrogen-bond donors (Lipinski definition) is 0. The summed E-state index contributed by atoms with van der Waals surface area (Å²) < 4.78 is 5.51. The number of rotatable bonds is 4. The molecule has 0 spiro atoms. The molecule has 4 aliphatic rings. The first-order valence-corrected chi connectivity index (χ1v) is 16.3. The zero-order valence-corrected chi connectivity index (χ0v) is 27.6. The maximum atomic E-state index is 12.8. The molecule has 2 fully saturated rings. The molecule has 1 aliphatic carbocycles. The molecule has 0 unspecified atom stereocenters. The van der Waals surface area contributed by atoms with E-state index in [1.54, 1.807) is 13.2 Å². The smallest absolute Gasteiger partial charge is 0.318 e. The molecule has 10 nitrogen and oxygen atoms in total. The van der Waals surface area contributed by atoms with Crippen molar-refractivity contribution >= 4 is 34.0 Å². The number of amides is 1. The highest BCUT2D eigenvalue weighted by Crippen LogP contribution is 2.35. The molecule has 0 bridgehead atoms. The van der Waals surface area contributed by atoms with Crippen LogP contribution in [0.1, 0.15) is 49.4 Å². The highest BCUT2D eigenvalue weighted by Gasteiger charge is 2.31. The summed E-state index contributed by atoms with van der Waals surface area (Å²) in [4.78, 5) is 42.8. The van der Waals surface area contributed by atoms with Crippen LogP contribution >= 0.6 is 0 Å². The largest absolute Gasteiger partial charge is 0.467 e. The molecule has 3 aliphatic heterocycles. The number of methoxy groups -OCH3 is 1. The van der Waals surface area contributed by atoms with Gasteiger partial charge in [0.05, 0.1) is 25.4 Å². The number of piperazine rings is 1. The number of anilines is 2. The van der Waals surface area contributed by atoms with Gasteiger partial charge in [0, 0.05) is 68.3 Å². The fourth-order valence-electron chi connectivity index (χ4n) is 6.68. The monoisotopic (exact) mass is 623 g/mol. The highest BCUT2D eigenvalue weighted by molar-refractivity contribution is 6.05. The van der Waals surface area contributed by atoms with E-state index in [2.05, 4.69) is 65.1 Å². The summed E-state index contributed by atoms with van der Waals surface area (Å²) in [5.74, 6) is 0.959. The predicted octanol–water partition coefficient (Wildman–Crippen LogP) is 4.69. The molecule has 7 rings (SSSR count). The van der Waals surface area contributed by atoms with Crippen LogP contribution in [-0.4, -0.2) is 91.4 Å². The molecule has 0 saturated carbocycles. The van der Waals surface area contributed by atoms with Gasteiger partial charge in [-0.1, -0.05) is 30.3 Å². The lowest BCUT2D eigenvalue weighted by Gasteiger charge is -2.38. The van der Waals surface area contributed by atoms with Crippen molar-refractivity contribution in [3.05, 3.63) is 64.9 Å². The van der Waals surface area contributed by atoms with Crippen molar-refractivity contribution < 1.29 is 14.3 Å². The van der Waals surface area contributed by atoms with Crippen LogP contribution in [-0.2, 0) is 22.6 Å². The van der Waals surface area contributed by atoms with E-state index in [9.17, 15) is 9.59 Å². The lowest BCUT2D eigenvalue weighted by atomic mass is 9.99. The van der Waals surface area contributed by atoms with Gasteiger partial charge in [-0.3, -0.25) is 9.59 Å². The number of hydrogen-bond acceptors (Lipinski definition) is 9. The zero-order valence-electron chi connectivity index (χ0n) is 27.6. The Kier molecular flexibility index (Phi) is 10.9. The molecule has 46 heavy (non-hydrogen) atoms. The van der Waals surface area contributed by atoms with E-state index in [4.69, 9.17) is 20.0 Å². The van der Waals surface area contributed by atoms with Crippen molar-refractivity contribution in [2.75, 3.05) is 69.8 Å². The Morgan fingerprint density at radius 1 is 0.913 bits per heavy atom. The van der Waals surface area contributed by atoms with Crippen LogP contribution in [0.25, 0.3) is 10.8 Å². The van der Waals surface area contributed by atoms with Gasteiger partial charge in [-0.25, -0.2) is 0 Å². The summed E-state index contributed by atoms with van der Waals surface area (Å²) in [7, 11) is 3.78. The number of benzene rings is 2. The van der Waals surface area contributed by atoms with Crippen molar-refractivity contribution in [2.24, 2.45) is 0 Å². The third-order valence-electron chi connectivity index (χ3n) is 9.08. The number of ether oxygens (including phenoxy) is 1. The summed E-state index contributed by atoms with van der Waals surface area (Å²) >= 11 is 0. The van der Waals surface area contributed by atoms with Crippen molar-refractivity contribution in [1.82, 2.24) is 19.8 Å². The van der Waals surface area contributed by atoms with Crippen molar-refractivity contribution in [3.63, 3.8) is 0 Å². The van der Waals surface area contributed by atoms with Gasteiger partial charge in [0.1, 0.15) is 5.82 Å². The minimum Gasteiger partial charge on any atom is -0.467 e. The Morgan fingerprint density at radius 3 is 2.22 bits per heavy atom. The number of ketones is 1. The molecule has 0 N–H and O–H groups in total.